The van der Waals surface area contributed by atoms with Crippen LogP contribution < -0.4 is 5.32 Å². The first-order valence-electron chi connectivity index (χ1n) is 7.56. The van der Waals surface area contributed by atoms with E-state index in [9.17, 15) is 0 Å². The van der Waals surface area contributed by atoms with Gasteiger partial charge in [-0.25, -0.2) is 0 Å². The highest BCUT2D eigenvalue weighted by Gasteiger charge is 2.47. The number of hydrogen-bond donors (Lipinski definition) is 1. The van der Waals surface area contributed by atoms with E-state index >= 15 is 0 Å². The summed E-state index contributed by atoms with van der Waals surface area (Å²) >= 11 is 0. The first-order chi connectivity index (χ1) is 9.01. The molecular formula is C15H26N4. The van der Waals surface area contributed by atoms with E-state index in [2.05, 4.69) is 54.9 Å². The van der Waals surface area contributed by atoms with Crippen molar-refractivity contribution in [3.63, 3.8) is 0 Å². The normalized spacial score (nSPS) is 30.8. The number of piperazine rings is 1. The van der Waals surface area contributed by atoms with Crippen molar-refractivity contribution in [2.45, 2.75) is 64.2 Å². The summed E-state index contributed by atoms with van der Waals surface area (Å²) < 4.78 is 2.06. The van der Waals surface area contributed by atoms with Crippen LogP contribution in [0.15, 0.2) is 12.3 Å². The summed E-state index contributed by atoms with van der Waals surface area (Å²) in [7, 11) is 0. The molecule has 2 unspecified atom stereocenters. The summed E-state index contributed by atoms with van der Waals surface area (Å²) in [6.07, 6.45) is 4.81. The Morgan fingerprint density at radius 3 is 2.74 bits per heavy atom. The van der Waals surface area contributed by atoms with Gasteiger partial charge in [-0.3, -0.25) is 9.58 Å². The molecule has 1 aromatic heterocycles. The topological polar surface area (TPSA) is 33.1 Å². The molecule has 1 saturated carbocycles. The molecule has 1 saturated heterocycles. The minimum Gasteiger partial charge on any atom is -0.306 e. The molecule has 1 aliphatic carbocycles. The van der Waals surface area contributed by atoms with Crippen molar-refractivity contribution in [2.75, 3.05) is 13.1 Å². The highest BCUT2D eigenvalue weighted by Crippen LogP contribution is 2.44. The molecule has 106 valence electrons. The first kappa shape index (κ1) is 13.1. The molecular weight excluding hydrogens is 236 g/mol. The van der Waals surface area contributed by atoms with Gasteiger partial charge in [-0.1, -0.05) is 0 Å². The van der Waals surface area contributed by atoms with Gasteiger partial charge in [0.25, 0.3) is 0 Å². The van der Waals surface area contributed by atoms with Crippen molar-refractivity contribution < 1.29 is 0 Å². The number of hydrogen-bond acceptors (Lipinski definition) is 3. The second kappa shape index (κ2) is 4.60. The van der Waals surface area contributed by atoms with Crippen LogP contribution in [0.1, 0.15) is 58.3 Å². The van der Waals surface area contributed by atoms with Gasteiger partial charge in [-0.2, -0.15) is 5.10 Å². The van der Waals surface area contributed by atoms with Gasteiger partial charge in [0.2, 0.25) is 0 Å². The SMILES string of the molecule is CC1C(c2ccn(C(C)C)n2)NCCN1C1(C)CC1. The third-order valence-electron chi connectivity index (χ3n) is 4.83. The minimum atomic E-state index is 0.367. The van der Waals surface area contributed by atoms with Gasteiger partial charge >= 0.3 is 0 Å². The number of rotatable bonds is 3. The number of nitrogens with zero attached hydrogens (tertiary/aromatic N) is 3. The van der Waals surface area contributed by atoms with Crippen LogP contribution in [-0.4, -0.2) is 39.4 Å². The highest BCUT2D eigenvalue weighted by atomic mass is 15.3. The fraction of sp³-hybridized carbons (Fsp3) is 0.800. The maximum atomic E-state index is 4.75. The Bertz CT molecular complexity index is 447. The molecule has 0 aromatic carbocycles. The van der Waals surface area contributed by atoms with E-state index in [-0.39, 0.29) is 0 Å². The van der Waals surface area contributed by atoms with Crippen LogP contribution in [0.5, 0.6) is 0 Å². The summed E-state index contributed by atoms with van der Waals surface area (Å²) in [5.41, 5.74) is 1.65. The summed E-state index contributed by atoms with van der Waals surface area (Å²) in [6, 6.07) is 3.50. The molecule has 0 amide bonds. The first-order valence-corrected chi connectivity index (χ1v) is 7.56. The van der Waals surface area contributed by atoms with E-state index in [4.69, 9.17) is 5.10 Å². The molecule has 0 spiro atoms. The molecule has 1 aliphatic heterocycles. The maximum Gasteiger partial charge on any atom is 0.0810 e. The lowest BCUT2D eigenvalue weighted by atomic mass is 9.99. The lowest BCUT2D eigenvalue weighted by molar-refractivity contribution is 0.0765. The largest absolute Gasteiger partial charge is 0.306 e. The second-order valence-electron chi connectivity index (χ2n) is 6.68. The molecule has 2 atom stereocenters. The molecule has 2 fully saturated rings. The van der Waals surface area contributed by atoms with Gasteiger partial charge in [-0.05, 0) is 46.6 Å². The molecule has 0 bridgehead atoms. The van der Waals surface area contributed by atoms with Crippen molar-refractivity contribution in [3.05, 3.63) is 18.0 Å². The number of nitrogens with one attached hydrogen (secondary N) is 1. The summed E-state index contributed by atoms with van der Waals surface area (Å²) in [4.78, 5) is 2.68. The smallest absolute Gasteiger partial charge is 0.0810 e. The van der Waals surface area contributed by atoms with E-state index in [1.165, 1.54) is 25.1 Å². The van der Waals surface area contributed by atoms with Crippen LogP contribution in [0.3, 0.4) is 0 Å². The molecule has 2 aliphatic rings. The van der Waals surface area contributed by atoms with Gasteiger partial charge in [0.05, 0.1) is 11.7 Å². The molecule has 3 rings (SSSR count). The highest BCUT2D eigenvalue weighted by molar-refractivity contribution is 5.13. The summed E-state index contributed by atoms with van der Waals surface area (Å²) in [5.74, 6) is 0. The Hall–Kier alpha value is -0.870. The summed E-state index contributed by atoms with van der Waals surface area (Å²) in [6.45, 7) is 11.3. The average Bonchev–Trinajstić information content (AvgIpc) is 2.93. The standard InChI is InChI=1S/C15H26N4/c1-11(2)19-9-5-13(17-19)14-12(3)18(10-8-16-14)15(4)6-7-15/h5,9,11-12,14,16H,6-8,10H2,1-4H3. The fourth-order valence-corrected chi connectivity index (χ4v) is 3.28. The predicted octanol–water partition coefficient (Wildman–Crippen LogP) is 2.35. The molecule has 4 nitrogen and oxygen atoms in total. The van der Waals surface area contributed by atoms with Crippen molar-refractivity contribution in [1.29, 1.82) is 0 Å². The monoisotopic (exact) mass is 262 g/mol. The zero-order valence-corrected chi connectivity index (χ0v) is 12.6. The molecule has 2 heterocycles. The fourth-order valence-electron chi connectivity index (χ4n) is 3.28. The average molecular weight is 262 g/mol. The van der Waals surface area contributed by atoms with E-state index in [0.717, 1.165) is 6.54 Å². The van der Waals surface area contributed by atoms with Crippen LogP contribution in [-0.2, 0) is 0 Å². The molecule has 0 radical (unpaired) electrons. The Labute approximate surface area is 116 Å². The molecule has 1 N–H and O–H groups in total. The van der Waals surface area contributed by atoms with Crippen LogP contribution in [0.4, 0.5) is 0 Å². The Morgan fingerprint density at radius 2 is 2.16 bits per heavy atom. The lowest BCUT2D eigenvalue weighted by Gasteiger charge is -2.43. The maximum absolute atomic E-state index is 4.75. The second-order valence-corrected chi connectivity index (χ2v) is 6.68. The van der Waals surface area contributed by atoms with Crippen LogP contribution in [0, 0.1) is 0 Å². The van der Waals surface area contributed by atoms with Gasteiger partial charge in [0.1, 0.15) is 0 Å². The van der Waals surface area contributed by atoms with Crippen molar-refractivity contribution in [1.82, 2.24) is 20.0 Å². The zero-order chi connectivity index (χ0) is 13.6. The van der Waals surface area contributed by atoms with Crippen LogP contribution in [0.25, 0.3) is 0 Å². The minimum absolute atomic E-state index is 0.367. The molecule has 19 heavy (non-hydrogen) atoms. The predicted molar refractivity (Wildman–Crippen MR) is 77.2 cm³/mol. The quantitative estimate of drug-likeness (QED) is 0.907. The van der Waals surface area contributed by atoms with Crippen molar-refractivity contribution in [2.24, 2.45) is 0 Å². The lowest BCUT2D eigenvalue weighted by Crippen LogP contribution is -2.55. The van der Waals surface area contributed by atoms with E-state index in [0.29, 0.717) is 23.7 Å². The van der Waals surface area contributed by atoms with E-state index < -0.39 is 0 Å². The Morgan fingerprint density at radius 1 is 1.42 bits per heavy atom. The third kappa shape index (κ3) is 2.32. The molecule has 4 heteroatoms. The van der Waals surface area contributed by atoms with Crippen LogP contribution in [0.2, 0.25) is 0 Å². The van der Waals surface area contributed by atoms with Gasteiger partial charge in [-0.15, -0.1) is 0 Å². The number of aromatic nitrogens is 2. The zero-order valence-electron chi connectivity index (χ0n) is 12.6. The van der Waals surface area contributed by atoms with Gasteiger partial charge < -0.3 is 5.32 Å². The Kier molecular flexibility index (Phi) is 3.18. The molecule has 1 aromatic rings. The van der Waals surface area contributed by atoms with E-state index in [1.54, 1.807) is 0 Å². The van der Waals surface area contributed by atoms with E-state index in [1.807, 2.05) is 0 Å². The summed E-state index contributed by atoms with van der Waals surface area (Å²) in [5, 5.41) is 8.40. The van der Waals surface area contributed by atoms with Crippen molar-refractivity contribution in [3.8, 4) is 0 Å². The Balaban J connectivity index is 1.79. The third-order valence-corrected chi connectivity index (χ3v) is 4.83. The van der Waals surface area contributed by atoms with Crippen molar-refractivity contribution >= 4 is 0 Å². The van der Waals surface area contributed by atoms with Gasteiger partial charge in [0.15, 0.2) is 0 Å². The van der Waals surface area contributed by atoms with Gasteiger partial charge in [0, 0.05) is 36.9 Å². The van der Waals surface area contributed by atoms with Crippen LogP contribution >= 0.6 is 0 Å².